The first-order valence-electron chi connectivity index (χ1n) is 7.18. The molecular weight excluding hydrogens is 222 g/mol. The highest BCUT2D eigenvalue weighted by atomic mass is 16.2. The van der Waals surface area contributed by atoms with Crippen LogP contribution >= 0.6 is 0 Å². The van der Waals surface area contributed by atoms with Gasteiger partial charge < -0.3 is 4.90 Å². The molecule has 1 saturated heterocycles. The van der Waals surface area contributed by atoms with Crippen molar-refractivity contribution in [3.05, 3.63) is 12.8 Å². The van der Waals surface area contributed by atoms with Crippen LogP contribution in [0.5, 0.6) is 0 Å². The molecule has 0 N–H and O–H groups in total. The number of carbonyl (C=O) groups excluding carboxylic acids is 1. The van der Waals surface area contributed by atoms with Crippen molar-refractivity contribution in [3.63, 3.8) is 0 Å². The van der Waals surface area contributed by atoms with Crippen LogP contribution in [-0.4, -0.2) is 17.4 Å². The number of carbonyl (C=O) groups is 1. The molecular formula is C16H29NO. The Bertz CT molecular complexity index is 304. The van der Waals surface area contributed by atoms with Crippen LogP contribution in [-0.2, 0) is 4.79 Å². The summed E-state index contributed by atoms with van der Waals surface area (Å²) in [6.45, 7) is 13.9. The fraction of sp³-hybridized carbons (Fsp3) is 0.812. The lowest BCUT2D eigenvalue weighted by Gasteiger charge is -2.35. The fourth-order valence-electron chi connectivity index (χ4n) is 3.26. The topological polar surface area (TPSA) is 20.3 Å². The predicted molar refractivity (Wildman–Crippen MR) is 77.2 cm³/mol. The van der Waals surface area contributed by atoms with Gasteiger partial charge in [-0.25, -0.2) is 0 Å². The summed E-state index contributed by atoms with van der Waals surface area (Å²) >= 11 is 0. The molecule has 0 saturated carbocycles. The third-order valence-electron chi connectivity index (χ3n) is 4.02. The monoisotopic (exact) mass is 251 g/mol. The van der Waals surface area contributed by atoms with Crippen LogP contribution < -0.4 is 0 Å². The molecule has 0 aromatic heterocycles. The summed E-state index contributed by atoms with van der Waals surface area (Å²) in [4.78, 5) is 13.9. The second-order valence-electron chi connectivity index (χ2n) is 7.23. The standard InChI is InChI=1S/C16H29NO/c1-6-17-12-8-7-10-15(2,3)13-16(4,5)11-9-14(17)18/h6H,1,7-13H2,2-5H3. The lowest BCUT2D eigenvalue weighted by molar-refractivity contribution is -0.129. The lowest BCUT2D eigenvalue weighted by atomic mass is 9.71. The van der Waals surface area contributed by atoms with Crippen molar-refractivity contribution in [2.75, 3.05) is 6.54 Å². The summed E-state index contributed by atoms with van der Waals surface area (Å²) in [5.41, 5.74) is 0.631. The van der Waals surface area contributed by atoms with Crippen molar-refractivity contribution in [3.8, 4) is 0 Å². The molecule has 0 aromatic carbocycles. The van der Waals surface area contributed by atoms with Crippen molar-refractivity contribution in [1.29, 1.82) is 0 Å². The molecule has 1 aliphatic heterocycles. The van der Waals surface area contributed by atoms with E-state index in [-0.39, 0.29) is 11.3 Å². The van der Waals surface area contributed by atoms with E-state index in [1.54, 1.807) is 11.1 Å². The van der Waals surface area contributed by atoms with Crippen molar-refractivity contribution in [1.82, 2.24) is 4.90 Å². The van der Waals surface area contributed by atoms with Gasteiger partial charge in [-0.3, -0.25) is 4.79 Å². The van der Waals surface area contributed by atoms with Gasteiger partial charge >= 0.3 is 0 Å². The van der Waals surface area contributed by atoms with Gasteiger partial charge in [0.25, 0.3) is 0 Å². The highest BCUT2D eigenvalue weighted by Gasteiger charge is 2.30. The maximum atomic E-state index is 12.1. The Kier molecular flexibility index (Phi) is 5.01. The number of rotatable bonds is 1. The molecule has 0 aromatic rings. The maximum Gasteiger partial charge on any atom is 0.226 e. The van der Waals surface area contributed by atoms with E-state index < -0.39 is 0 Å². The summed E-state index contributed by atoms with van der Waals surface area (Å²) in [5, 5.41) is 0. The van der Waals surface area contributed by atoms with E-state index in [2.05, 4.69) is 34.3 Å². The SMILES string of the molecule is C=CN1CCCCC(C)(C)CC(C)(C)CCC1=O. The van der Waals surface area contributed by atoms with Gasteiger partial charge in [0.15, 0.2) is 0 Å². The first-order chi connectivity index (χ1) is 8.26. The van der Waals surface area contributed by atoms with Gasteiger partial charge in [-0.2, -0.15) is 0 Å². The molecule has 0 bridgehead atoms. The summed E-state index contributed by atoms with van der Waals surface area (Å²) in [6, 6.07) is 0. The third-order valence-corrected chi connectivity index (χ3v) is 4.02. The average Bonchev–Trinajstić information content (AvgIpc) is 2.25. The quantitative estimate of drug-likeness (QED) is 0.678. The minimum Gasteiger partial charge on any atom is -0.320 e. The van der Waals surface area contributed by atoms with Gasteiger partial charge in [0, 0.05) is 13.0 Å². The van der Waals surface area contributed by atoms with Gasteiger partial charge in [0.1, 0.15) is 0 Å². The second kappa shape index (κ2) is 5.90. The van der Waals surface area contributed by atoms with E-state index in [1.807, 2.05) is 0 Å². The van der Waals surface area contributed by atoms with Gasteiger partial charge in [-0.15, -0.1) is 0 Å². The minimum atomic E-state index is 0.234. The molecule has 0 radical (unpaired) electrons. The first-order valence-corrected chi connectivity index (χ1v) is 7.18. The van der Waals surface area contributed by atoms with E-state index in [4.69, 9.17) is 0 Å². The molecule has 18 heavy (non-hydrogen) atoms. The largest absolute Gasteiger partial charge is 0.320 e. The van der Waals surface area contributed by atoms with Crippen molar-refractivity contribution in [2.24, 2.45) is 10.8 Å². The molecule has 0 spiro atoms. The Morgan fingerprint density at radius 1 is 1.11 bits per heavy atom. The van der Waals surface area contributed by atoms with E-state index in [9.17, 15) is 4.79 Å². The normalized spacial score (nSPS) is 25.3. The van der Waals surface area contributed by atoms with Crippen LogP contribution in [0.2, 0.25) is 0 Å². The molecule has 1 fully saturated rings. The zero-order valence-corrected chi connectivity index (χ0v) is 12.6. The van der Waals surface area contributed by atoms with Gasteiger partial charge in [0.2, 0.25) is 5.91 Å². The fourth-order valence-corrected chi connectivity index (χ4v) is 3.26. The molecule has 2 heteroatoms. The van der Waals surface area contributed by atoms with Crippen LogP contribution in [0.15, 0.2) is 12.8 Å². The van der Waals surface area contributed by atoms with Crippen LogP contribution in [0, 0.1) is 10.8 Å². The highest BCUT2D eigenvalue weighted by Crippen LogP contribution is 2.40. The number of hydrogen-bond acceptors (Lipinski definition) is 1. The van der Waals surface area contributed by atoms with Crippen molar-refractivity contribution in [2.45, 2.75) is 66.2 Å². The Morgan fingerprint density at radius 3 is 2.33 bits per heavy atom. The van der Waals surface area contributed by atoms with Crippen molar-refractivity contribution < 1.29 is 4.79 Å². The molecule has 0 unspecified atom stereocenters. The zero-order chi connectivity index (χ0) is 13.8. The smallest absolute Gasteiger partial charge is 0.226 e. The van der Waals surface area contributed by atoms with Gasteiger partial charge in [-0.1, -0.05) is 40.7 Å². The predicted octanol–water partition coefficient (Wildman–Crippen LogP) is 4.37. The first kappa shape index (κ1) is 15.3. The van der Waals surface area contributed by atoms with E-state index in [0.717, 1.165) is 19.4 Å². The Hall–Kier alpha value is -0.790. The molecule has 1 amide bonds. The van der Waals surface area contributed by atoms with Crippen LogP contribution in [0.3, 0.4) is 0 Å². The van der Waals surface area contributed by atoms with Crippen LogP contribution in [0.25, 0.3) is 0 Å². The summed E-state index contributed by atoms with van der Waals surface area (Å²) < 4.78 is 0. The average molecular weight is 251 g/mol. The maximum absolute atomic E-state index is 12.1. The summed E-state index contributed by atoms with van der Waals surface area (Å²) in [7, 11) is 0. The number of nitrogens with zero attached hydrogens (tertiary/aromatic N) is 1. The van der Waals surface area contributed by atoms with Crippen LogP contribution in [0.1, 0.15) is 66.2 Å². The summed E-state index contributed by atoms with van der Waals surface area (Å²) in [5.74, 6) is 0.234. The Balaban J connectivity index is 2.77. The Labute approximate surface area is 112 Å². The molecule has 2 nitrogen and oxygen atoms in total. The van der Waals surface area contributed by atoms with Crippen molar-refractivity contribution >= 4 is 5.91 Å². The number of amides is 1. The zero-order valence-electron chi connectivity index (χ0n) is 12.6. The Morgan fingerprint density at radius 2 is 1.72 bits per heavy atom. The summed E-state index contributed by atoms with van der Waals surface area (Å²) in [6.07, 6.45) is 8.03. The third kappa shape index (κ3) is 4.83. The van der Waals surface area contributed by atoms with Gasteiger partial charge in [-0.05, 0) is 42.7 Å². The minimum absolute atomic E-state index is 0.234. The molecule has 1 rings (SSSR count). The van der Waals surface area contributed by atoms with Gasteiger partial charge in [0.05, 0.1) is 0 Å². The van der Waals surface area contributed by atoms with E-state index in [1.165, 1.54) is 19.3 Å². The molecule has 104 valence electrons. The van der Waals surface area contributed by atoms with E-state index in [0.29, 0.717) is 11.8 Å². The lowest BCUT2D eigenvalue weighted by Crippen LogP contribution is -2.28. The van der Waals surface area contributed by atoms with E-state index >= 15 is 0 Å². The highest BCUT2D eigenvalue weighted by molar-refractivity contribution is 5.77. The molecule has 1 aliphatic rings. The molecule has 0 aliphatic carbocycles. The molecule has 0 atom stereocenters. The second-order valence-corrected chi connectivity index (χ2v) is 7.23. The molecule has 1 heterocycles. The van der Waals surface area contributed by atoms with Crippen LogP contribution in [0.4, 0.5) is 0 Å². The number of hydrogen-bond donors (Lipinski definition) is 0.